The van der Waals surface area contributed by atoms with E-state index in [1.165, 1.54) is 19.2 Å². The molecule has 0 radical (unpaired) electrons. The number of halogens is 3. The summed E-state index contributed by atoms with van der Waals surface area (Å²) in [6.45, 7) is 2.95. The highest BCUT2D eigenvalue weighted by Crippen LogP contribution is 2.39. The largest absolute Gasteiger partial charge is 0.496 e. The number of alkyl halides is 3. The van der Waals surface area contributed by atoms with Crippen molar-refractivity contribution in [3.63, 3.8) is 0 Å². The van der Waals surface area contributed by atoms with Crippen molar-refractivity contribution in [3.05, 3.63) is 88.7 Å². The molecule has 1 aromatic heterocycles. The molecule has 1 amide bonds. The summed E-state index contributed by atoms with van der Waals surface area (Å²) in [7, 11) is 1.18. The van der Waals surface area contributed by atoms with Crippen LogP contribution in [0.5, 0.6) is 5.75 Å². The van der Waals surface area contributed by atoms with E-state index in [-0.39, 0.29) is 17.4 Å². The zero-order chi connectivity index (χ0) is 21.5. The first-order valence-corrected chi connectivity index (χ1v) is 9.58. The van der Waals surface area contributed by atoms with Crippen LogP contribution in [0.1, 0.15) is 38.8 Å². The third kappa shape index (κ3) is 3.44. The summed E-state index contributed by atoms with van der Waals surface area (Å²) >= 11 is 0. The molecular formula is C23H21F3N2O2. The van der Waals surface area contributed by atoms with Crippen molar-refractivity contribution in [1.82, 2.24) is 9.47 Å². The minimum absolute atomic E-state index is 0.0123. The first-order valence-electron chi connectivity index (χ1n) is 9.58. The van der Waals surface area contributed by atoms with Crippen LogP contribution in [-0.4, -0.2) is 29.0 Å². The molecule has 1 atom stereocenters. The monoisotopic (exact) mass is 414 g/mol. The minimum Gasteiger partial charge on any atom is -0.496 e. The van der Waals surface area contributed by atoms with Crippen LogP contribution >= 0.6 is 0 Å². The molecule has 4 nitrogen and oxygen atoms in total. The van der Waals surface area contributed by atoms with E-state index >= 15 is 0 Å². The molecule has 30 heavy (non-hydrogen) atoms. The lowest BCUT2D eigenvalue weighted by Gasteiger charge is -2.38. The van der Waals surface area contributed by atoms with E-state index in [1.54, 1.807) is 4.90 Å². The van der Waals surface area contributed by atoms with Crippen LogP contribution in [-0.2, 0) is 12.7 Å². The molecule has 7 heteroatoms. The Kier molecular flexibility index (Phi) is 5.05. The first-order chi connectivity index (χ1) is 14.3. The van der Waals surface area contributed by atoms with E-state index in [0.29, 0.717) is 13.1 Å². The van der Waals surface area contributed by atoms with Crippen molar-refractivity contribution < 1.29 is 22.7 Å². The predicted octanol–water partition coefficient (Wildman–Crippen LogP) is 5.07. The number of aryl methyl sites for hydroxylation is 1. The van der Waals surface area contributed by atoms with Crippen LogP contribution in [0.4, 0.5) is 13.2 Å². The summed E-state index contributed by atoms with van der Waals surface area (Å²) in [4.78, 5) is 15.1. The maximum absolute atomic E-state index is 13.5. The van der Waals surface area contributed by atoms with E-state index in [0.717, 1.165) is 22.9 Å². The number of carbonyl (C=O) groups is 1. The van der Waals surface area contributed by atoms with Crippen LogP contribution in [0.2, 0.25) is 0 Å². The first kappa shape index (κ1) is 20.1. The molecule has 1 aliphatic heterocycles. The van der Waals surface area contributed by atoms with E-state index in [4.69, 9.17) is 4.74 Å². The smallest absolute Gasteiger partial charge is 0.419 e. The number of methoxy groups -OCH3 is 1. The quantitative estimate of drug-likeness (QED) is 0.600. The second kappa shape index (κ2) is 7.55. The molecule has 2 aromatic carbocycles. The number of nitrogens with zero attached hydrogens (tertiary/aromatic N) is 2. The number of aromatic nitrogens is 1. The molecule has 0 fully saturated rings. The van der Waals surface area contributed by atoms with Crippen LogP contribution in [0.3, 0.4) is 0 Å². The van der Waals surface area contributed by atoms with Crippen molar-refractivity contribution >= 4 is 5.91 Å². The molecule has 0 saturated heterocycles. The Morgan fingerprint density at radius 3 is 2.53 bits per heavy atom. The highest BCUT2D eigenvalue weighted by molar-refractivity contribution is 5.95. The van der Waals surface area contributed by atoms with E-state index in [1.807, 2.05) is 49.5 Å². The zero-order valence-electron chi connectivity index (χ0n) is 16.6. The van der Waals surface area contributed by atoms with Crippen molar-refractivity contribution in [1.29, 1.82) is 0 Å². The Morgan fingerprint density at radius 2 is 1.83 bits per heavy atom. The van der Waals surface area contributed by atoms with Crippen molar-refractivity contribution in [2.75, 3.05) is 13.7 Å². The van der Waals surface area contributed by atoms with Gasteiger partial charge in [-0.05, 0) is 48.4 Å². The number of amides is 1. The topological polar surface area (TPSA) is 34.5 Å². The summed E-state index contributed by atoms with van der Waals surface area (Å²) in [6, 6.07) is 14.7. The summed E-state index contributed by atoms with van der Waals surface area (Å²) < 4.78 is 47.3. The van der Waals surface area contributed by atoms with Gasteiger partial charge in [-0.25, -0.2) is 0 Å². The second-order valence-electron chi connectivity index (χ2n) is 7.30. The molecule has 1 unspecified atom stereocenters. The SMILES string of the molecule is COc1ccc(C(=O)N2CCn3cccc3C2c2ccccc2C)cc1C(F)(F)F. The van der Waals surface area contributed by atoms with Crippen molar-refractivity contribution in [3.8, 4) is 5.75 Å². The fourth-order valence-corrected chi connectivity index (χ4v) is 4.05. The second-order valence-corrected chi connectivity index (χ2v) is 7.30. The zero-order valence-corrected chi connectivity index (χ0v) is 16.6. The van der Waals surface area contributed by atoms with Gasteiger partial charge < -0.3 is 14.2 Å². The lowest BCUT2D eigenvalue weighted by Crippen LogP contribution is -2.42. The Morgan fingerprint density at radius 1 is 1.07 bits per heavy atom. The highest BCUT2D eigenvalue weighted by atomic mass is 19.4. The molecule has 0 saturated carbocycles. The van der Waals surface area contributed by atoms with E-state index in [9.17, 15) is 18.0 Å². The van der Waals surface area contributed by atoms with Crippen LogP contribution in [0.25, 0.3) is 0 Å². The summed E-state index contributed by atoms with van der Waals surface area (Å²) in [5.74, 6) is -0.745. The van der Waals surface area contributed by atoms with Crippen molar-refractivity contribution in [2.45, 2.75) is 25.7 Å². The van der Waals surface area contributed by atoms with Gasteiger partial charge in [-0.3, -0.25) is 4.79 Å². The third-order valence-corrected chi connectivity index (χ3v) is 5.53. The third-order valence-electron chi connectivity index (χ3n) is 5.53. The maximum Gasteiger partial charge on any atom is 0.419 e. The van der Waals surface area contributed by atoms with Crippen LogP contribution in [0.15, 0.2) is 60.8 Å². The number of benzene rings is 2. The Labute approximate surface area is 172 Å². The normalized spacial score (nSPS) is 16.3. The number of fused-ring (bicyclic) bond motifs is 1. The number of ether oxygens (including phenoxy) is 1. The Hall–Kier alpha value is -3.22. The minimum atomic E-state index is -4.62. The molecule has 156 valence electrons. The molecule has 2 heterocycles. The van der Waals surface area contributed by atoms with Crippen LogP contribution in [0, 0.1) is 6.92 Å². The summed E-state index contributed by atoms with van der Waals surface area (Å²) in [5, 5.41) is 0. The lowest BCUT2D eigenvalue weighted by molar-refractivity contribution is -0.138. The molecule has 0 N–H and O–H groups in total. The van der Waals surface area contributed by atoms with Gasteiger partial charge >= 0.3 is 6.18 Å². The standard InChI is InChI=1S/C23H21F3N2O2/c1-15-6-3-4-7-17(15)21-19-8-5-11-27(19)12-13-28(21)22(29)16-9-10-20(30-2)18(14-16)23(24,25)26/h3-11,14,21H,12-13H2,1-2H3. The van der Waals surface area contributed by atoms with Gasteiger partial charge in [0.05, 0.1) is 18.7 Å². The van der Waals surface area contributed by atoms with Gasteiger partial charge in [0, 0.05) is 30.5 Å². The lowest BCUT2D eigenvalue weighted by atomic mass is 9.95. The summed E-state index contributed by atoms with van der Waals surface area (Å²) in [6.07, 6.45) is -2.66. The average molecular weight is 414 g/mol. The number of rotatable bonds is 3. The van der Waals surface area contributed by atoms with Gasteiger partial charge in [-0.2, -0.15) is 13.2 Å². The van der Waals surface area contributed by atoms with Gasteiger partial charge in [0.1, 0.15) is 5.75 Å². The van der Waals surface area contributed by atoms with Crippen molar-refractivity contribution in [2.24, 2.45) is 0 Å². The number of hydrogen-bond acceptors (Lipinski definition) is 2. The summed E-state index contributed by atoms with van der Waals surface area (Å²) in [5.41, 5.74) is 1.94. The fourth-order valence-electron chi connectivity index (χ4n) is 4.05. The van der Waals surface area contributed by atoms with Crippen LogP contribution < -0.4 is 4.74 Å². The van der Waals surface area contributed by atoms with E-state index in [2.05, 4.69) is 4.57 Å². The highest BCUT2D eigenvalue weighted by Gasteiger charge is 2.37. The van der Waals surface area contributed by atoms with Gasteiger partial charge in [0.25, 0.3) is 5.91 Å². The Bertz CT molecular complexity index is 1090. The number of hydrogen-bond donors (Lipinski definition) is 0. The molecule has 1 aliphatic rings. The van der Waals surface area contributed by atoms with Gasteiger partial charge in [0.15, 0.2) is 0 Å². The predicted molar refractivity (Wildman–Crippen MR) is 106 cm³/mol. The fraction of sp³-hybridized carbons (Fsp3) is 0.261. The van der Waals surface area contributed by atoms with Gasteiger partial charge in [-0.1, -0.05) is 24.3 Å². The molecule has 0 aliphatic carbocycles. The van der Waals surface area contributed by atoms with E-state index < -0.39 is 17.6 Å². The van der Waals surface area contributed by atoms with Gasteiger partial charge in [-0.15, -0.1) is 0 Å². The average Bonchev–Trinajstić information content (AvgIpc) is 3.21. The van der Waals surface area contributed by atoms with Gasteiger partial charge in [0.2, 0.25) is 0 Å². The molecule has 4 rings (SSSR count). The molecule has 3 aromatic rings. The molecule has 0 bridgehead atoms. The molecule has 0 spiro atoms. The molecular weight excluding hydrogens is 393 g/mol. The Balaban J connectivity index is 1.79. The number of carbonyl (C=O) groups excluding carboxylic acids is 1. The maximum atomic E-state index is 13.5.